The van der Waals surface area contributed by atoms with Crippen LogP contribution < -0.4 is 0 Å². The van der Waals surface area contributed by atoms with E-state index in [0.717, 1.165) is 0 Å². The maximum atomic E-state index is 12.0. The molecule has 0 atom stereocenters. The van der Waals surface area contributed by atoms with E-state index in [1.807, 2.05) is 0 Å². The second kappa shape index (κ2) is 8.55. The standard InChI is InChI=1S/C12H12F6O6/c1-6(2)8(19)22-3-7(9(20)23-4-11(13,14)15)10(21)24-5-12(16,17)18/h7H,1,3-5H2,2H3. The maximum Gasteiger partial charge on any atom is 0.422 e. The molecule has 0 aromatic rings. The van der Waals surface area contributed by atoms with Gasteiger partial charge in [0.15, 0.2) is 19.1 Å². The molecule has 0 bridgehead atoms. The van der Waals surface area contributed by atoms with E-state index in [1.165, 1.54) is 6.92 Å². The molecule has 0 saturated carbocycles. The van der Waals surface area contributed by atoms with Crippen LogP contribution in [-0.2, 0) is 28.6 Å². The second-order valence-electron chi connectivity index (χ2n) is 4.38. The Kier molecular flexibility index (Phi) is 7.74. The van der Waals surface area contributed by atoms with Crippen molar-refractivity contribution in [3.05, 3.63) is 12.2 Å². The molecule has 0 unspecified atom stereocenters. The Hall–Kier alpha value is -2.27. The van der Waals surface area contributed by atoms with Crippen LogP contribution in [-0.4, -0.2) is 50.1 Å². The van der Waals surface area contributed by atoms with Crippen LogP contribution in [0.15, 0.2) is 12.2 Å². The van der Waals surface area contributed by atoms with Gasteiger partial charge in [-0.15, -0.1) is 0 Å². The number of ether oxygens (including phenoxy) is 3. The Morgan fingerprint density at radius 3 is 1.54 bits per heavy atom. The molecule has 0 spiro atoms. The largest absolute Gasteiger partial charge is 0.461 e. The third-order valence-electron chi connectivity index (χ3n) is 2.05. The fraction of sp³-hybridized carbons (Fsp3) is 0.583. The Morgan fingerprint density at radius 2 is 1.25 bits per heavy atom. The van der Waals surface area contributed by atoms with E-state index in [4.69, 9.17) is 0 Å². The van der Waals surface area contributed by atoms with E-state index in [1.54, 1.807) is 0 Å². The molecule has 0 N–H and O–H groups in total. The summed E-state index contributed by atoms with van der Waals surface area (Å²) in [6, 6.07) is 0. The number of halogens is 6. The van der Waals surface area contributed by atoms with Crippen LogP contribution in [0.1, 0.15) is 6.92 Å². The Bertz CT molecular complexity index is 465. The van der Waals surface area contributed by atoms with Gasteiger partial charge < -0.3 is 14.2 Å². The first-order valence-corrected chi connectivity index (χ1v) is 6.02. The van der Waals surface area contributed by atoms with E-state index in [2.05, 4.69) is 20.8 Å². The molecule has 0 fully saturated rings. The van der Waals surface area contributed by atoms with Crippen LogP contribution in [0.25, 0.3) is 0 Å². The summed E-state index contributed by atoms with van der Waals surface area (Å²) in [5.41, 5.74) is -0.180. The third-order valence-corrected chi connectivity index (χ3v) is 2.05. The lowest BCUT2D eigenvalue weighted by molar-refractivity contribution is -0.201. The molecule has 0 aliphatic rings. The predicted molar refractivity (Wildman–Crippen MR) is 63.3 cm³/mol. The second-order valence-corrected chi connectivity index (χ2v) is 4.38. The van der Waals surface area contributed by atoms with Crippen molar-refractivity contribution in [2.24, 2.45) is 5.92 Å². The number of rotatable bonds is 7. The molecule has 12 heteroatoms. The smallest absolute Gasteiger partial charge is 0.422 e. The molecule has 138 valence electrons. The highest BCUT2D eigenvalue weighted by molar-refractivity contribution is 5.95. The SMILES string of the molecule is C=C(C)C(=O)OCC(C(=O)OCC(F)(F)F)C(=O)OCC(F)(F)F. The van der Waals surface area contributed by atoms with Gasteiger partial charge in [0.05, 0.1) is 0 Å². The molecule has 0 aliphatic carbocycles. The van der Waals surface area contributed by atoms with Gasteiger partial charge in [-0.25, -0.2) is 4.79 Å². The average molecular weight is 366 g/mol. The van der Waals surface area contributed by atoms with Crippen LogP contribution in [0, 0.1) is 5.92 Å². The first-order valence-electron chi connectivity index (χ1n) is 6.02. The lowest BCUT2D eigenvalue weighted by Crippen LogP contribution is -2.36. The third kappa shape index (κ3) is 9.69. The zero-order valence-corrected chi connectivity index (χ0v) is 12.1. The number of hydrogen-bond acceptors (Lipinski definition) is 6. The molecular formula is C12H12F6O6. The minimum atomic E-state index is -4.93. The van der Waals surface area contributed by atoms with Gasteiger partial charge in [-0.05, 0) is 6.92 Å². The summed E-state index contributed by atoms with van der Waals surface area (Å²) in [4.78, 5) is 34.0. The molecule has 0 rings (SSSR count). The lowest BCUT2D eigenvalue weighted by atomic mass is 10.1. The van der Waals surface area contributed by atoms with Crippen LogP contribution in [0.4, 0.5) is 26.3 Å². The predicted octanol–water partition coefficient (Wildman–Crippen LogP) is 1.93. The number of carbonyl (C=O) groups is 3. The number of alkyl halides is 6. The first-order chi connectivity index (χ1) is 10.7. The molecule has 0 radical (unpaired) electrons. The molecular weight excluding hydrogens is 354 g/mol. The molecule has 24 heavy (non-hydrogen) atoms. The van der Waals surface area contributed by atoms with Gasteiger partial charge in [0.2, 0.25) is 0 Å². The van der Waals surface area contributed by atoms with E-state index < -0.39 is 56.0 Å². The van der Waals surface area contributed by atoms with E-state index >= 15 is 0 Å². The van der Waals surface area contributed by atoms with Crippen LogP contribution >= 0.6 is 0 Å². The molecule has 0 aliphatic heterocycles. The van der Waals surface area contributed by atoms with E-state index in [0.29, 0.717) is 0 Å². The summed E-state index contributed by atoms with van der Waals surface area (Å²) < 4.78 is 83.7. The zero-order valence-electron chi connectivity index (χ0n) is 12.1. The normalized spacial score (nSPS) is 11.8. The molecule has 0 aromatic carbocycles. The number of esters is 3. The highest BCUT2D eigenvalue weighted by atomic mass is 19.4. The lowest BCUT2D eigenvalue weighted by Gasteiger charge is -2.16. The fourth-order valence-corrected chi connectivity index (χ4v) is 1.02. The van der Waals surface area contributed by atoms with Gasteiger partial charge in [0, 0.05) is 5.57 Å². The minimum absolute atomic E-state index is 0.180. The summed E-state index contributed by atoms with van der Waals surface area (Å²) in [7, 11) is 0. The molecule has 0 heterocycles. The average Bonchev–Trinajstić information content (AvgIpc) is 2.41. The zero-order chi connectivity index (χ0) is 19.1. The van der Waals surface area contributed by atoms with Crippen LogP contribution in [0.5, 0.6) is 0 Å². The van der Waals surface area contributed by atoms with Crippen molar-refractivity contribution in [2.45, 2.75) is 19.3 Å². The molecule has 6 nitrogen and oxygen atoms in total. The van der Waals surface area contributed by atoms with Crippen molar-refractivity contribution >= 4 is 17.9 Å². The van der Waals surface area contributed by atoms with E-state index in [9.17, 15) is 40.7 Å². The Morgan fingerprint density at radius 1 is 0.875 bits per heavy atom. The minimum Gasteiger partial charge on any atom is -0.461 e. The van der Waals surface area contributed by atoms with Crippen molar-refractivity contribution < 1.29 is 54.9 Å². The Balaban J connectivity index is 4.93. The quantitative estimate of drug-likeness (QED) is 0.225. The van der Waals surface area contributed by atoms with Crippen LogP contribution in [0.3, 0.4) is 0 Å². The number of hydrogen-bond donors (Lipinski definition) is 0. The van der Waals surface area contributed by atoms with Crippen molar-refractivity contribution in [2.75, 3.05) is 19.8 Å². The summed E-state index contributed by atoms with van der Waals surface area (Å²) in [5.74, 6) is -7.13. The van der Waals surface area contributed by atoms with Gasteiger partial charge in [-0.3, -0.25) is 9.59 Å². The van der Waals surface area contributed by atoms with Crippen LogP contribution in [0.2, 0.25) is 0 Å². The van der Waals surface area contributed by atoms with Crippen molar-refractivity contribution in [3.63, 3.8) is 0 Å². The fourth-order valence-electron chi connectivity index (χ4n) is 1.02. The van der Waals surface area contributed by atoms with Crippen molar-refractivity contribution in [3.8, 4) is 0 Å². The van der Waals surface area contributed by atoms with Gasteiger partial charge in [0.1, 0.15) is 6.61 Å². The Labute approximate surface area is 131 Å². The van der Waals surface area contributed by atoms with Gasteiger partial charge >= 0.3 is 30.3 Å². The van der Waals surface area contributed by atoms with E-state index in [-0.39, 0.29) is 5.57 Å². The van der Waals surface area contributed by atoms with Crippen molar-refractivity contribution in [1.82, 2.24) is 0 Å². The summed E-state index contributed by atoms with van der Waals surface area (Å²) in [6.45, 7) is -0.990. The first kappa shape index (κ1) is 21.7. The summed E-state index contributed by atoms with van der Waals surface area (Å²) in [6.07, 6.45) is -9.85. The van der Waals surface area contributed by atoms with Gasteiger partial charge in [0.25, 0.3) is 0 Å². The summed E-state index contributed by atoms with van der Waals surface area (Å²) in [5, 5.41) is 0. The van der Waals surface area contributed by atoms with Gasteiger partial charge in [-0.1, -0.05) is 6.58 Å². The maximum absolute atomic E-state index is 12.0. The molecule has 0 aromatic heterocycles. The van der Waals surface area contributed by atoms with Gasteiger partial charge in [-0.2, -0.15) is 26.3 Å². The highest BCUT2D eigenvalue weighted by Gasteiger charge is 2.38. The van der Waals surface area contributed by atoms with Crippen molar-refractivity contribution in [1.29, 1.82) is 0 Å². The topological polar surface area (TPSA) is 78.9 Å². The monoisotopic (exact) mass is 366 g/mol. The number of carbonyl (C=O) groups excluding carboxylic acids is 3. The highest BCUT2D eigenvalue weighted by Crippen LogP contribution is 2.18. The molecule has 0 saturated heterocycles. The summed E-state index contributed by atoms with van der Waals surface area (Å²) >= 11 is 0. The molecule has 0 amide bonds.